The van der Waals surface area contributed by atoms with Gasteiger partial charge < -0.3 is 4.52 Å². The number of likely N-dealkylation sites (tertiary alicyclic amines) is 1. The average Bonchev–Trinajstić information content (AvgIpc) is 2.78. The van der Waals surface area contributed by atoms with Crippen LogP contribution in [-0.2, 0) is 6.54 Å². The molecule has 1 saturated heterocycles. The molecule has 21 heavy (non-hydrogen) atoms. The summed E-state index contributed by atoms with van der Waals surface area (Å²) in [6.07, 6.45) is 5.05. The van der Waals surface area contributed by atoms with Gasteiger partial charge in [-0.15, -0.1) is 0 Å². The molecule has 1 aromatic heterocycles. The van der Waals surface area contributed by atoms with Gasteiger partial charge in [0.05, 0.1) is 6.54 Å². The SMILES string of the molecule is Cc1ccc(-c2noc(CN3CCCCCC3)n2)cc1F. The zero-order valence-electron chi connectivity index (χ0n) is 12.3. The standard InChI is InChI=1S/C16H20FN3O/c1-12-6-7-13(10-14(12)17)16-18-15(21-19-16)11-20-8-4-2-3-5-9-20/h6-7,10H,2-5,8-9,11H2,1H3. The van der Waals surface area contributed by atoms with Gasteiger partial charge in [-0.1, -0.05) is 30.1 Å². The van der Waals surface area contributed by atoms with Gasteiger partial charge >= 0.3 is 0 Å². The Morgan fingerprint density at radius 2 is 1.95 bits per heavy atom. The number of hydrogen-bond donors (Lipinski definition) is 0. The normalized spacial score (nSPS) is 16.9. The first kappa shape index (κ1) is 14.2. The average molecular weight is 289 g/mol. The maximum absolute atomic E-state index is 13.6. The first-order chi connectivity index (χ1) is 10.2. The largest absolute Gasteiger partial charge is 0.338 e. The lowest BCUT2D eigenvalue weighted by molar-refractivity contribution is 0.234. The van der Waals surface area contributed by atoms with Crippen molar-refractivity contribution < 1.29 is 8.91 Å². The van der Waals surface area contributed by atoms with E-state index in [1.54, 1.807) is 13.0 Å². The van der Waals surface area contributed by atoms with Gasteiger partial charge in [0.15, 0.2) is 0 Å². The van der Waals surface area contributed by atoms with Crippen molar-refractivity contribution in [2.45, 2.75) is 39.2 Å². The lowest BCUT2D eigenvalue weighted by Crippen LogP contribution is -2.24. The summed E-state index contributed by atoms with van der Waals surface area (Å²) in [5.41, 5.74) is 1.27. The number of aromatic nitrogens is 2. The van der Waals surface area contributed by atoms with Crippen molar-refractivity contribution in [3.63, 3.8) is 0 Å². The molecule has 4 nitrogen and oxygen atoms in total. The Morgan fingerprint density at radius 1 is 1.19 bits per heavy atom. The van der Waals surface area contributed by atoms with Gasteiger partial charge in [0.2, 0.25) is 11.7 Å². The van der Waals surface area contributed by atoms with Crippen LogP contribution in [0.25, 0.3) is 11.4 Å². The summed E-state index contributed by atoms with van der Waals surface area (Å²) in [7, 11) is 0. The van der Waals surface area contributed by atoms with Crippen LogP contribution in [0.15, 0.2) is 22.7 Å². The molecule has 0 aliphatic carbocycles. The minimum atomic E-state index is -0.244. The van der Waals surface area contributed by atoms with Gasteiger partial charge in [-0.3, -0.25) is 4.90 Å². The van der Waals surface area contributed by atoms with Crippen LogP contribution in [0, 0.1) is 12.7 Å². The van der Waals surface area contributed by atoms with E-state index in [0.29, 0.717) is 29.4 Å². The maximum atomic E-state index is 13.6. The summed E-state index contributed by atoms with van der Waals surface area (Å²) < 4.78 is 18.9. The summed E-state index contributed by atoms with van der Waals surface area (Å²) in [5.74, 6) is 0.818. The molecule has 5 heteroatoms. The predicted molar refractivity (Wildman–Crippen MR) is 78.2 cm³/mol. The zero-order chi connectivity index (χ0) is 14.7. The molecule has 1 aromatic carbocycles. The highest BCUT2D eigenvalue weighted by molar-refractivity contribution is 5.54. The Labute approximate surface area is 124 Å². The van der Waals surface area contributed by atoms with E-state index >= 15 is 0 Å². The van der Waals surface area contributed by atoms with E-state index in [0.717, 1.165) is 13.1 Å². The van der Waals surface area contributed by atoms with Crippen LogP contribution in [0.4, 0.5) is 4.39 Å². The highest BCUT2D eigenvalue weighted by Crippen LogP contribution is 2.20. The minimum absolute atomic E-state index is 0.244. The molecule has 0 bridgehead atoms. The van der Waals surface area contributed by atoms with Gasteiger partial charge in [-0.05, 0) is 44.5 Å². The highest BCUT2D eigenvalue weighted by Gasteiger charge is 2.15. The molecule has 3 rings (SSSR count). The van der Waals surface area contributed by atoms with Crippen molar-refractivity contribution in [2.24, 2.45) is 0 Å². The molecule has 0 unspecified atom stereocenters. The van der Waals surface area contributed by atoms with Crippen LogP contribution in [0.5, 0.6) is 0 Å². The molecule has 0 radical (unpaired) electrons. The van der Waals surface area contributed by atoms with Crippen LogP contribution in [-0.4, -0.2) is 28.1 Å². The fourth-order valence-electron chi connectivity index (χ4n) is 2.65. The molecule has 112 valence electrons. The van der Waals surface area contributed by atoms with Crippen molar-refractivity contribution in [3.8, 4) is 11.4 Å². The van der Waals surface area contributed by atoms with E-state index in [1.165, 1.54) is 31.7 Å². The number of hydrogen-bond acceptors (Lipinski definition) is 4. The highest BCUT2D eigenvalue weighted by atomic mass is 19.1. The van der Waals surface area contributed by atoms with Crippen molar-refractivity contribution >= 4 is 0 Å². The van der Waals surface area contributed by atoms with E-state index in [4.69, 9.17) is 4.52 Å². The topological polar surface area (TPSA) is 42.2 Å². The van der Waals surface area contributed by atoms with Crippen LogP contribution >= 0.6 is 0 Å². The molecular formula is C16H20FN3O. The van der Waals surface area contributed by atoms with Gasteiger partial charge in [-0.25, -0.2) is 4.39 Å². The van der Waals surface area contributed by atoms with Crippen LogP contribution in [0.2, 0.25) is 0 Å². The molecule has 0 amide bonds. The summed E-state index contributed by atoms with van der Waals surface area (Å²) >= 11 is 0. The Kier molecular flexibility index (Phi) is 4.29. The molecular weight excluding hydrogens is 269 g/mol. The Hall–Kier alpha value is -1.75. The lowest BCUT2D eigenvalue weighted by atomic mass is 10.1. The van der Waals surface area contributed by atoms with E-state index in [-0.39, 0.29) is 5.82 Å². The van der Waals surface area contributed by atoms with E-state index in [1.807, 2.05) is 6.07 Å². The minimum Gasteiger partial charge on any atom is -0.338 e. The van der Waals surface area contributed by atoms with E-state index in [2.05, 4.69) is 15.0 Å². The molecule has 1 aliphatic heterocycles. The molecule has 2 aromatic rings. The summed E-state index contributed by atoms with van der Waals surface area (Å²) in [5, 5.41) is 3.97. The van der Waals surface area contributed by atoms with Crippen LogP contribution in [0.3, 0.4) is 0 Å². The summed E-state index contributed by atoms with van der Waals surface area (Å²) in [6.45, 7) is 4.58. The maximum Gasteiger partial charge on any atom is 0.241 e. The first-order valence-corrected chi connectivity index (χ1v) is 7.54. The number of benzene rings is 1. The number of rotatable bonds is 3. The molecule has 0 atom stereocenters. The number of nitrogens with zero attached hydrogens (tertiary/aromatic N) is 3. The Bertz CT molecular complexity index is 603. The van der Waals surface area contributed by atoms with E-state index < -0.39 is 0 Å². The second kappa shape index (κ2) is 6.35. The third kappa shape index (κ3) is 3.47. The molecule has 1 fully saturated rings. The zero-order valence-corrected chi connectivity index (χ0v) is 12.3. The Balaban J connectivity index is 1.71. The van der Waals surface area contributed by atoms with Crippen molar-refractivity contribution in [2.75, 3.05) is 13.1 Å². The smallest absolute Gasteiger partial charge is 0.241 e. The van der Waals surface area contributed by atoms with Gasteiger partial charge in [0.25, 0.3) is 0 Å². The second-order valence-corrected chi connectivity index (χ2v) is 5.67. The fourth-order valence-corrected chi connectivity index (χ4v) is 2.65. The third-order valence-corrected chi connectivity index (χ3v) is 3.96. The number of aryl methyl sites for hydroxylation is 1. The molecule has 0 saturated carbocycles. The lowest BCUT2D eigenvalue weighted by Gasteiger charge is -2.16. The summed E-state index contributed by atoms with van der Waals surface area (Å²) in [4.78, 5) is 6.74. The molecule has 2 heterocycles. The van der Waals surface area contributed by atoms with Crippen LogP contribution < -0.4 is 0 Å². The molecule has 0 spiro atoms. The third-order valence-electron chi connectivity index (χ3n) is 3.96. The van der Waals surface area contributed by atoms with Gasteiger partial charge in [0.1, 0.15) is 5.82 Å². The van der Waals surface area contributed by atoms with E-state index in [9.17, 15) is 4.39 Å². The van der Waals surface area contributed by atoms with Crippen molar-refractivity contribution in [3.05, 3.63) is 35.5 Å². The van der Waals surface area contributed by atoms with Gasteiger partial charge in [-0.2, -0.15) is 4.98 Å². The quantitative estimate of drug-likeness (QED) is 0.866. The second-order valence-electron chi connectivity index (χ2n) is 5.67. The van der Waals surface area contributed by atoms with Crippen LogP contribution in [0.1, 0.15) is 37.1 Å². The molecule has 0 N–H and O–H groups in total. The first-order valence-electron chi connectivity index (χ1n) is 7.54. The summed E-state index contributed by atoms with van der Waals surface area (Å²) in [6, 6.07) is 5.00. The van der Waals surface area contributed by atoms with Crippen molar-refractivity contribution in [1.82, 2.24) is 15.0 Å². The predicted octanol–water partition coefficient (Wildman–Crippen LogP) is 3.56. The van der Waals surface area contributed by atoms with Crippen molar-refractivity contribution in [1.29, 1.82) is 0 Å². The number of halogens is 1. The fraction of sp³-hybridized carbons (Fsp3) is 0.500. The van der Waals surface area contributed by atoms with Gasteiger partial charge in [0, 0.05) is 5.56 Å². The molecule has 1 aliphatic rings. The monoisotopic (exact) mass is 289 g/mol. The Morgan fingerprint density at radius 3 is 2.67 bits per heavy atom.